The first kappa shape index (κ1) is 10.3. The molecule has 1 aromatic rings. The Labute approximate surface area is 79.9 Å². The molecule has 0 spiro atoms. The highest BCUT2D eigenvalue weighted by atomic mass is 15.3. The Morgan fingerprint density at radius 1 is 1.54 bits per heavy atom. The summed E-state index contributed by atoms with van der Waals surface area (Å²) in [4.78, 5) is 0. The van der Waals surface area contributed by atoms with Crippen LogP contribution < -0.4 is 5.73 Å². The fourth-order valence-corrected chi connectivity index (χ4v) is 1.48. The van der Waals surface area contributed by atoms with Crippen LogP contribution in [0.3, 0.4) is 0 Å². The first-order valence-corrected chi connectivity index (χ1v) is 5.01. The summed E-state index contributed by atoms with van der Waals surface area (Å²) in [6, 6.07) is 2.20. The third-order valence-electron chi connectivity index (χ3n) is 2.13. The van der Waals surface area contributed by atoms with E-state index in [9.17, 15) is 0 Å². The summed E-state index contributed by atoms with van der Waals surface area (Å²) in [5.41, 5.74) is 8.15. The summed E-state index contributed by atoms with van der Waals surface area (Å²) in [6.45, 7) is 7.16. The van der Waals surface area contributed by atoms with Crippen molar-refractivity contribution >= 4 is 0 Å². The van der Waals surface area contributed by atoms with Crippen molar-refractivity contribution < 1.29 is 0 Å². The van der Waals surface area contributed by atoms with E-state index in [0.29, 0.717) is 0 Å². The maximum Gasteiger partial charge on any atom is 0.0628 e. The fourth-order valence-electron chi connectivity index (χ4n) is 1.48. The lowest BCUT2D eigenvalue weighted by atomic mass is 10.2. The minimum absolute atomic E-state index is 0.0815. The van der Waals surface area contributed by atoms with Gasteiger partial charge in [-0.05, 0) is 26.3 Å². The summed E-state index contributed by atoms with van der Waals surface area (Å²) < 4.78 is 2.00. The molecule has 13 heavy (non-hydrogen) atoms. The van der Waals surface area contributed by atoms with E-state index in [1.807, 2.05) is 11.6 Å². The predicted molar refractivity (Wildman–Crippen MR) is 54.5 cm³/mol. The molecule has 2 N–H and O–H groups in total. The predicted octanol–water partition coefficient (Wildman–Crippen LogP) is 1.88. The normalized spacial score (nSPS) is 13.2. The van der Waals surface area contributed by atoms with E-state index in [0.717, 1.165) is 30.8 Å². The van der Waals surface area contributed by atoms with Crippen molar-refractivity contribution in [3.05, 3.63) is 17.5 Å². The number of aromatic nitrogens is 2. The Balaban J connectivity index is 2.90. The number of nitrogens with zero attached hydrogens (tertiary/aromatic N) is 2. The fraction of sp³-hybridized carbons (Fsp3) is 0.700. The molecule has 0 radical (unpaired) electrons. The van der Waals surface area contributed by atoms with Crippen LogP contribution in [0.2, 0.25) is 0 Å². The first-order chi connectivity index (χ1) is 6.19. The molecular weight excluding hydrogens is 162 g/mol. The van der Waals surface area contributed by atoms with Crippen LogP contribution in [-0.2, 0) is 13.0 Å². The van der Waals surface area contributed by atoms with Gasteiger partial charge in [-0.1, -0.05) is 13.3 Å². The number of rotatable bonds is 4. The highest BCUT2D eigenvalue weighted by Gasteiger charge is 2.09. The zero-order valence-electron chi connectivity index (χ0n) is 8.75. The molecule has 0 fully saturated rings. The minimum atomic E-state index is 0.0815. The van der Waals surface area contributed by atoms with Crippen LogP contribution in [0.15, 0.2) is 6.07 Å². The Morgan fingerprint density at radius 3 is 2.62 bits per heavy atom. The van der Waals surface area contributed by atoms with E-state index in [4.69, 9.17) is 5.73 Å². The van der Waals surface area contributed by atoms with E-state index >= 15 is 0 Å². The molecule has 0 aliphatic rings. The summed E-state index contributed by atoms with van der Waals surface area (Å²) in [5, 5.41) is 4.48. The molecule has 1 atom stereocenters. The van der Waals surface area contributed by atoms with E-state index in [1.165, 1.54) is 0 Å². The highest BCUT2D eigenvalue weighted by molar-refractivity contribution is 5.13. The molecule has 1 rings (SSSR count). The third-order valence-corrected chi connectivity index (χ3v) is 2.13. The van der Waals surface area contributed by atoms with Crippen molar-refractivity contribution in [3.63, 3.8) is 0 Å². The number of nitrogens with two attached hydrogens (primary N) is 1. The van der Waals surface area contributed by atoms with Crippen LogP contribution in [0.1, 0.15) is 44.6 Å². The molecule has 74 valence electrons. The van der Waals surface area contributed by atoms with Gasteiger partial charge in [-0.3, -0.25) is 4.68 Å². The van der Waals surface area contributed by atoms with Crippen molar-refractivity contribution in [1.29, 1.82) is 0 Å². The highest BCUT2D eigenvalue weighted by Crippen LogP contribution is 2.12. The zero-order chi connectivity index (χ0) is 9.84. The molecule has 1 aromatic heterocycles. The van der Waals surface area contributed by atoms with Crippen LogP contribution >= 0.6 is 0 Å². The monoisotopic (exact) mass is 181 g/mol. The molecule has 0 aromatic carbocycles. The molecule has 0 amide bonds. The quantitative estimate of drug-likeness (QED) is 0.770. The lowest BCUT2D eigenvalue weighted by Gasteiger charge is -2.06. The van der Waals surface area contributed by atoms with E-state index in [1.54, 1.807) is 0 Å². The average molecular weight is 181 g/mol. The van der Waals surface area contributed by atoms with Gasteiger partial charge in [0.1, 0.15) is 0 Å². The van der Waals surface area contributed by atoms with Crippen molar-refractivity contribution in [2.24, 2.45) is 5.73 Å². The lowest BCUT2D eigenvalue weighted by molar-refractivity contribution is 0.583. The van der Waals surface area contributed by atoms with Crippen molar-refractivity contribution in [3.8, 4) is 0 Å². The summed E-state index contributed by atoms with van der Waals surface area (Å²) in [6.07, 6.45) is 2.19. The third kappa shape index (κ3) is 2.31. The molecule has 1 unspecified atom stereocenters. The maximum absolute atomic E-state index is 5.84. The lowest BCUT2D eigenvalue weighted by Crippen LogP contribution is -2.12. The van der Waals surface area contributed by atoms with E-state index in [2.05, 4.69) is 25.0 Å². The molecule has 3 heteroatoms. The van der Waals surface area contributed by atoms with Gasteiger partial charge in [-0.25, -0.2) is 0 Å². The summed E-state index contributed by atoms with van der Waals surface area (Å²) >= 11 is 0. The molecule has 0 aliphatic carbocycles. The summed E-state index contributed by atoms with van der Waals surface area (Å²) in [5.74, 6) is 0. The first-order valence-electron chi connectivity index (χ1n) is 5.01. The number of hydrogen-bond acceptors (Lipinski definition) is 2. The van der Waals surface area contributed by atoms with Crippen LogP contribution in [0.4, 0.5) is 0 Å². The Kier molecular flexibility index (Phi) is 3.48. The van der Waals surface area contributed by atoms with Crippen molar-refractivity contribution in [2.45, 2.75) is 46.2 Å². The van der Waals surface area contributed by atoms with E-state index < -0.39 is 0 Å². The van der Waals surface area contributed by atoms with Gasteiger partial charge in [0, 0.05) is 12.6 Å². The van der Waals surface area contributed by atoms with Crippen LogP contribution in [0.5, 0.6) is 0 Å². The van der Waals surface area contributed by atoms with E-state index in [-0.39, 0.29) is 6.04 Å². The van der Waals surface area contributed by atoms with Crippen LogP contribution in [0, 0.1) is 0 Å². The molecule has 0 saturated heterocycles. The molecule has 1 heterocycles. The molecule has 0 aliphatic heterocycles. The number of hydrogen-bond donors (Lipinski definition) is 1. The van der Waals surface area contributed by atoms with Gasteiger partial charge in [0.25, 0.3) is 0 Å². The molecule has 0 bridgehead atoms. The molecular formula is C10H19N3. The summed E-state index contributed by atoms with van der Waals surface area (Å²) in [7, 11) is 0. The van der Waals surface area contributed by atoms with Crippen molar-refractivity contribution in [2.75, 3.05) is 0 Å². The second-order valence-corrected chi connectivity index (χ2v) is 3.41. The van der Waals surface area contributed by atoms with Gasteiger partial charge in [-0.2, -0.15) is 5.10 Å². The Bertz CT molecular complexity index is 263. The van der Waals surface area contributed by atoms with Gasteiger partial charge < -0.3 is 5.73 Å². The van der Waals surface area contributed by atoms with Gasteiger partial charge in [0.15, 0.2) is 0 Å². The van der Waals surface area contributed by atoms with Gasteiger partial charge in [0.2, 0.25) is 0 Å². The average Bonchev–Trinajstić information content (AvgIpc) is 2.48. The van der Waals surface area contributed by atoms with Gasteiger partial charge in [0.05, 0.1) is 11.4 Å². The Morgan fingerprint density at radius 2 is 2.23 bits per heavy atom. The zero-order valence-corrected chi connectivity index (χ0v) is 8.75. The largest absolute Gasteiger partial charge is 0.323 e. The standard InChI is InChI=1S/C10H19N3/c1-4-6-9-7-10(8(3)11)13(5-2)12-9/h7-8H,4-6,11H2,1-3H3. The Hall–Kier alpha value is -0.830. The molecule has 3 nitrogen and oxygen atoms in total. The smallest absolute Gasteiger partial charge is 0.0628 e. The number of aryl methyl sites for hydroxylation is 2. The topological polar surface area (TPSA) is 43.8 Å². The van der Waals surface area contributed by atoms with Crippen LogP contribution in [-0.4, -0.2) is 9.78 Å². The minimum Gasteiger partial charge on any atom is -0.323 e. The second kappa shape index (κ2) is 4.42. The molecule has 0 saturated carbocycles. The van der Waals surface area contributed by atoms with Gasteiger partial charge in [-0.15, -0.1) is 0 Å². The van der Waals surface area contributed by atoms with Crippen molar-refractivity contribution in [1.82, 2.24) is 9.78 Å². The second-order valence-electron chi connectivity index (χ2n) is 3.41. The SMILES string of the molecule is CCCc1cc(C(C)N)n(CC)n1. The maximum atomic E-state index is 5.84. The van der Waals surface area contributed by atoms with Crippen LogP contribution in [0.25, 0.3) is 0 Å². The van der Waals surface area contributed by atoms with Gasteiger partial charge >= 0.3 is 0 Å².